The van der Waals surface area contributed by atoms with Gasteiger partial charge < -0.3 is 5.32 Å². The first-order chi connectivity index (χ1) is 7.13. The van der Waals surface area contributed by atoms with Gasteiger partial charge in [0.1, 0.15) is 0 Å². The summed E-state index contributed by atoms with van der Waals surface area (Å²) in [7, 11) is 0. The van der Waals surface area contributed by atoms with Crippen LogP contribution in [0, 0.1) is 15.9 Å². The molecule has 0 bridgehead atoms. The van der Waals surface area contributed by atoms with E-state index in [9.17, 15) is 4.79 Å². The van der Waals surface area contributed by atoms with Crippen LogP contribution in [0.3, 0.4) is 0 Å². The van der Waals surface area contributed by atoms with Crippen LogP contribution < -0.4 is 5.32 Å². The lowest BCUT2D eigenvalue weighted by Gasteiger charge is -2.06. The predicted molar refractivity (Wildman–Crippen MR) is 70.9 cm³/mol. The molecule has 0 saturated carbocycles. The highest BCUT2D eigenvalue weighted by molar-refractivity contribution is 14.1. The standard InChI is InChI=1S/C11H9ClINO/c1-2-3-4-11(15)14-10-6-5-8(12)7-9(10)13/h1,5-7H,3-4H2,(H,14,15). The van der Waals surface area contributed by atoms with Crippen LogP contribution in [0.1, 0.15) is 12.8 Å². The molecule has 0 aliphatic carbocycles. The van der Waals surface area contributed by atoms with Crippen molar-refractivity contribution in [3.05, 3.63) is 26.8 Å². The third kappa shape index (κ3) is 4.10. The molecule has 15 heavy (non-hydrogen) atoms. The van der Waals surface area contributed by atoms with Gasteiger partial charge in [0.15, 0.2) is 0 Å². The van der Waals surface area contributed by atoms with Crippen LogP contribution in [0.25, 0.3) is 0 Å². The average Bonchev–Trinajstić information content (AvgIpc) is 2.19. The molecule has 0 spiro atoms. The molecular formula is C11H9ClINO. The molecule has 1 aromatic rings. The molecule has 1 amide bonds. The molecule has 1 N–H and O–H groups in total. The molecule has 1 aromatic carbocycles. The topological polar surface area (TPSA) is 29.1 Å². The molecule has 0 saturated heterocycles. The minimum absolute atomic E-state index is 0.0758. The van der Waals surface area contributed by atoms with Gasteiger partial charge in [-0.15, -0.1) is 12.3 Å². The molecule has 78 valence electrons. The number of carbonyl (C=O) groups excluding carboxylic acids is 1. The van der Waals surface area contributed by atoms with E-state index in [2.05, 4.69) is 33.8 Å². The van der Waals surface area contributed by atoms with Gasteiger partial charge in [0.2, 0.25) is 5.91 Å². The fourth-order valence-corrected chi connectivity index (χ4v) is 2.00. The Labute approximate surface area is 108 Å². The molecule has 1 rings (SSSR count). The van der Waals surface area contributed by atoms with Crippen molar-refractivity contribution in [3.63, 3.8) is 0 Å². The number of halogens is 2. The molecule has 2 nitrogen and oxygen atoms in total. The fourth-order valence-electron chi connectivity index (χ4n) is 0.989. The number of carbonyl (C=O) groups is 1. The second-order valence-corrected chi connectivity index (χ2v) is 4.48. The van der Waals surface area contributed by atoms with Crippen molar-refractivity contribution in [1.82, 2.24) is 0 Å². The molecule has 0 fully saturated rings. The highest BCUT2D eigenvalue weighted by Gasteiger charge is 2.04. The lowest BCUT2D eigenvalue weighted by molar-refractivity contribution is -0.116. The van der Waals surface area contributed by atoms with Crippen molar-refractivity contribution in [2.45, 2.75) is 12.8 Å². The summed E-state index contributed by atoms with van der Waals surface area (Å²) in [5, 5.41) is 3.43. The molecule has 0 radical (unpaired) electrons. The van der Waals surface area contributed by atoms with Crippen molar-refractivity contribution < 1.29 is 4.79 Å². The average molecular weight is 334 g/mol. The van der Waals surface area contributed by atoms with Crippen molar-refractivity contribution >= 4 is 45.8 Å². The van der Waals surface area contributed by atoms with E-state index in [0.29, 0.717) is 17.9 Å². The molecule has 0 heterocycles. The summed E-state index contributed by atoms with van der Waals surface area (Å²) in [6.45, 7) is 0. The van der Waals surface area contributed by atoms with Gasteiger partial charge in [-0.05, 0) is 40.8 Å². The molecule has 0 aliphatic rings. The van der Waals surface area contributed by atoms with Crippen LogP contribution in [0.4, 0.5) is 5.69 Å². The van der Waals surface area contributed by atoms with E-state index < -0.39 is 0 Å². The first kappa shape index (κ1) is 12.3. The normalized spacial score (nSPS) is 9.40. The van der Waals surface area contributed by atoms with Gasteiger partial charge in [-0.2, -0.15) is 0 Å². The predicted octanol–water partition coefficient (Wildman–Crippen LogP) is 3.30. The maximum atomic E-state index is 11.4. The van der Waals surface area contributed by atoms with Crippen molar-refractivity contribution in [3.8, 4) is 12.3 Å². The summed E-state index contributed by atoms with van der Waals surface area (Å²) in [6.07, 6.45) is 5.87. The molecule has 0 aromatic heterocycles. The number of hydrogen-bond acceptors (Lipinski definition) is 1. The summed E-state index contributed by atoms with van der Waals surface area (Å²) in [5.74, 6) is 2.35. The number of rotatable bonds is 3. The van der Waals surface area contributed by atoms with Gasteiger partial charge in [0.25, 0.3) is 0 Å². The zero-order valence-electron chi connectivity index (χ0n) is 7.89. The zero-order valence-corrected chi connectivity index (χ0v) is 10.8. The Hall–Kier alpha value is -0.730. The number of terminal acetylenes is 1. The molecule has 4 heteroatoms. The lowest BCUT2D eigenvalue weighted by atomic mass is 10.2. The number of anilines is 1. The van der Waals surface area contributed by atoms with Gasteiger partial charge in [-0.3, -0.25) is 4.79 Å². The van der Waals surface area contributed by atoms with Gasteiger partial charge in [0.05, 0.1) is 5.69 Å². The highest BCUT2D eigenvalue weighted by Crippen LogP contribution is 2.22. The van der Waals surface area contributed by atoms with E-state index >= 15 is 0 Å². The minimum Gasteiger partial charge on any atom is -0.325 e. The van der Waals surface area contributed by atoms with E-state index in [-0.39, 0.29) is 5.91 Å². The van der Waals surface area contributed by atoms with Gasteiger partial charge in [0, 0.05) is 21.4 Å². The summed E-state index contributed by atoms with van der Waals surface area (Å²) in [5.41, 5.74) is 0.766. The van der Waals surface area contributed by atoms with E-state index in [1.165, 1.54) is 0 Å². The fraction of sp³-hybridized carbons (Fsp3) is 0.182. The largest absolute Gasteiger partial charge is 0.325 e. The summed E-state index contributed by atoms with van der Waals surface area (Å²) >= 11 is 7.91. The number of amides is 1. The first-order valence-electron chi connectivity index (χ1n) is 4.32. The first-order valence-corrected chi connectivity index (χ1v) is 5.77. The Kier molecular flexibility index (Phi) is 4.92. The Morgan fingerprint density at radius 3 is 2.93 bits per heavy atom. The van der Waals surface area contributed by atoms with Crippen LogP contribution in [0.2, 0.25) is 5.02 Å². The van der Waals surface area contributed by atoms with Gasteiger partial charge >= 0.3 is 0 Å². The van der Waals surface area contributed by atoms with Crippen LogP contribution >= 0.6 is 34.2 Å². The highest BCUT2D eigenvalue weighted by atomic mass is 127. The van der Waals surface area contributed by atoms with Crippen LogP contribution in [0.5, 0.6) is 0 Å². The van der Waals surface area contributed by atoms with Crippen LogP contribution in [0.15, 0.2) is 18.2 Å². The Bertz CT molecular complexity index is 412. The Morgan fingerprint density at radius 2 is 2.33 bits per heavy atom. The lowest BCUT2D eigenvalue weighted by Crippen LogP contribution is -2.11. The van der Waals surface area contributed by atoms with E-state index in [0.717, 1.165) is 9.26 Å². The third-order valence-corrected chi connectivity index (χ3v) is 2.83. The Balaban J connectivity index is 2.65. The van der Waals surface area contributed by atoms with E-state index in [4.69, 9.17) is 18.0 Å². The minimum atomic E-state index is -0.0758. The van der Waals surface area contributed by atoms with E-state index in [1.807, 2.05) is 0 Å². The number of nitrogens with one attached hydrogen (secondary N) is 1. The van der Waals surface area contributed by atoms with Crippen LogP contribution in [-0.4, -0.2) is 5.91 Å². The number of benzene rings is 1. The monoisotopic (exact) mass is 333 g/mol. The second kappa shape index (κ2) is 5.99. The zero-order chi connectivity index (χ0) is 11.3. The van der Waals surface area contributed by atoms with Gasteiger partial charge in [-0.1, -0.05) is 11.6 Å². The number of hydrogen-bond donors (Lipinski definition) is 1. The van der Waals surface area contributed by atoms with Gasteiger partial charge in [-0.25, -0.2) is 0 Å². The smallest absolute Gasteiger partial charge is 0.225 e. The summed E-state index contributed by atoms with van der Waals surface area (Å²) in [4.78, 5) is 11.4. The molecule has 0 atom stereocenters. The summed E-state index contributed by atoms with van der Waals surface area (Å²) in [6, 6.07) is 5.30. The maximum absolute atomic E-state index is 11.4. The quantitative estimate of drug-likeness (QED) is 0.667. The maximum Gasteiger partial charge on any atom is 0.225 e. The second-order valence-electron chi connectivity index (χ2n) is 2.88. The van der Waals surface area contributed by atoms with Crippen molar-refractivity contribution in [2.24, 2.45) is 0 Å². The molecule has 0 unspecified atom stereocenters. The Morgan fingerprint density at radius 1 is 1.60 bits per heavy atom. The van der Waals surface area contributed by atoms with E-state index in [1.54, 1.807) is 18.2 Å². The van der Waals surface area contributed by atoms with Crippen molar-refractivity contribution in [2.75, 3.05) is 5.32 Å². The van der Waals surface area contributed by atoms with Crippen molar-refractivity contribution in [1.29, 1.82) is 0 Å². The van der Waals surface area contributed by atoms with Crippen LogP contribution in [-0.2, 0) is 4.79 Å². The third-order valence-electron chi connectivity index (χ3n) is 1.70. The molecular weight excluding hydrogens is 324 g/mol. The summed E-state index contributed by atoms with van der Waals surface area (Å²) < 4.78 is 0.911. The molecule has 0 aliphatic heterocycles. The SMILES string of the molecule is C#CCCC(=O)Nc1ccc(Cl)cc1I.